The van der Waals surface area contributed by atoms with Crippen LogP contribution in [-0.4, -0.2) is 5.11 Å². The minimum atomic E-state index is -0.786. The van der Waals surface area contributed by atoms with Crippen molar-refractivity contribution in [3.63, 3.8) is 0 Å². The van der Waals surface area contributed by atoms with Gasteiger partial charge in [0.2, 0.25) is 0 Å². The highest BCUT2D eigenvalue weighted by Crippen LogP contribution is 2.29. The number of benzene rings is 1. The van der Waals surface area contributed by atoms with E-state index in [9.17, 15) is 9.50 Å². The summed E-state index contributed by atoms with van der Waals surface area (Å²) in [5.74, 6) is -0.439. The smallest absolute Gasteiger partial charge is 0.130 e. The van der Waals surface area contributed by atoms with Gasteiger partial charge in [0.15, 0.2) is 0 Å². The highest BCUT2D eigenvalue weighted by Gasteiger charge is 2.13. The van der Waals surface area contributed by atoms with E-state index in [0.29, 0.717) is 15.9 Å². The van der Waals surface area contributed by atoms with Gasteiger partial charge >= 0.3 is 0 Å². The third kappa shape index (κ3) is 2.42. The second kappa shape index (κ2) is 4.40. The lowest BCUT2D eigenvalue weighted by Crippen LogP contribution is -1.99. The fourth-order valence-electron chi connectivity index (χ4n) is 1.01. The normalized spacial score (nSPS) is 13.0. The van der Waals surface area contributed by atoms with Gasteiger partial charge in [0.25, 0.3) is 0 Å². The molecule has 0 amide bonds. The zero-order valence-electron chi connectivity index (χ0n) is 7.02. The first-order valence-corrected chi connectivity index (χ1v) is 5.05. The Bertz CT molecular complexity index is 317. The van der Waals surface area contributed by atoms with Gasteiger partial charge in [0.1, 0.15) is 5.82 Å². The van der Waals surface area contributed by atoms with Crippen molar-refractivity contribution in [1.29, 1.82) is 0 Å². The summed E-state index contributed by atoms with van der Waals surface area (Å²) in [5.41, 5.74) is 0.246. The van der Waals surface area contributed by atoms with Crippen LogP contribution in [-0.2, 0) is 0 Å². The van der Waals surface area contributed by atoms with E-state index in [0.717, 1.165) is 0 Å². The first-order chi connectivity index (χ1) is 6.06. The summed E-state index contributed by atoms with van der Waals surface area (Å²) in [6.07, 6.45) is -0.319. The topological polar surface area (TPSA) is 20.2 Å². The molecule has 0 aliphatic carbocycles. The van der Waals surface area contributed by atoms with Crippen LogP contribution in [0.25, 0.3) is 0 Å². The molecule has 1 unspecified atom stereocenters. The van der Waals surface area contributed by atoms with Gasteiger partial charge in [0.05, 0.1) is 11.1 Å². The van der Waals surface area contributed by atoms with Gasteiger partial charge in [-0.1, -0.05) is 18.5 Å². The van der Waals surface area contributed by atoms with E-state index >= 15 is 0 Å². The van der Waals surface area contributed by atoms with E-state index in [1.807, 2.05) is 0 Å². The molecule has 0 aliphatic rings. The Morgan fingerprint density at radius 2 is 2.23 bits per heavy atom. The van der Waals surface area contributed by atoms with Crippen LogP contribution in [0.1, 0.15) is 25.0 Å². The van der Waals surface area contributed by atoms with E-state index in [-0.39, 0.29) is 5.56 Å². The monoisotopic (exact) mass is 266 g/mol. The lowest BCUT2D eigenvalue weighted by Gasteiger charge is -2.10. The summed E-state index contributed by atoms with van der Waals surface area (Å²) in [4.78, 5) is 0. The number of aliphatic hydroxyl groups is 1. The quantitative estimate of drug-likeness (QED) is 0.810. The molecule has 0 bridgehead atoms. The van der Waals surface area contributed by atoms with Gasteiger partial charge in [-0.05, 0) is 34.5 Å². The van der Waals surface area contributed by atoms with Crippen LogP contribution in [0.5, 0.6) is 0 Å². The zero-order chi connectivity index (χ0) is 10.0. The standard InChI is InChI=1S/C9H9BrClFO/c1-2-9(13)5-3-7(11)6(10)4-8(5)12/h3-4,9,13H,2H2,1H3. The highest BCUT2D eigenvalue weighted by molar-refractivity contribution is 9.10. The molecule has 0 radical (unpaired) electrons. The fourth-order valence-corrected chi connectivity index (χ4v) is 1.50. The number of hydrogen-bond acceptors (Lipinski definition) is 1. The van der Waals surface area contributed by atoms with Crippen molar-refractivity contribution in [3.8, 4) is 0 Å². The molecule has 13 heavy (non-hydrogen) atoms. The number of halogens is 3. The molecule has 72 valence electrons. The minimum absolute atomic E-state index is 0.246. The Hall–Kier alpha value is -0.120. The Morgan fingerprint density at radius 3 is 2.77 bits per heavy atom. The Balaban J connectivity index is 3.15. The van der Waals surface area contributed by atoms with E-state index < -0.39 is 11.9 Å². The molecule has 0 aromatic heterocycles. The predicted molar refractivity (Wildman–Crippen MR) is 54.4 cm³/mol. The van der Waals surface area contributed by atoms with Crippen LogP contribution in [0, 0.1) is 5.82 Å². The predicted octanol–water partition coefficient (Wildman–Crippen LogP) is 3.69. The van der Waals surface area contributed by atoms with E-state index in [2.05, 4.69) is 15.9 Å². The molecule has 0 spiro atoms. The largest absolute Gasteiger partial charge is 0.388 e. The third-order valence-corrected chi connectivity index (χ3v) is 2.98. The summed E-state index contributed by atoms with van der Waals surface area (Å²) in [6.45, 7) is 1.78. The van der Waals surface area contributed by atoms with E-state index in [1.54, 1.807) is 6.92 Å². The lowest BCUT2D eigenvalue weighted by molar-refractivity contribution is 0.169. The van der Waals surface area contributed by atoms with E-state index in [1.165, 1.54) is 12.1 Å². The van der Waals surface area contributed by atoms with Crippen molar-refractivity contribution < 1.29 is 9.50 Å². The number of rotatable bonds is 2. The van der Waals surface area contributed by atoms with Gasteiger partial charge in [-0.2, -0.15) is 0 Å². The van der Waals surface area contributed by atoms with Gasteiger partial charge < -0.3 is 5.11 Å². The first-order valence-electron chi connectivity index (χ1n) is 3.88. The number of hydrogen-bond donors (Lipinski definition) is 1. The maximum absolute atomic E-state index is 13.2. The Morgan fingerprint density at radius 1 is 1.62 bits per heavy atom. The Labute approximate surface area is 89.7 Å². The summed E-state index contributed by atoms with van der Waals surface area (Å²) in [7, 11) is 0. The van der Waals surface area contributed by atoms with Crippen molar-refractivity contribution in [2.75, 3.05) is 0 Å². The first kappa shape index (κ1) is 11.0. The van der Waals surface area contributed by atoms with Gasteiger partial charge in [0, 0.05) is 10.0 Å². The third-order valence-electron chi connectivity index (χ3n) is 1.79. The van der Waals surface area contributed by atoms with Crippen LogP contribution >= 0.6 is 27.5 Å². The molecule has 0 fully saturated rings. The van der Waals surface area contributed by atoms with Crippen LogP contribution in [0.2, 0.25) is 5.02 Å². The highest BCUT2D eigenvalue weighted by atomic mass is 79.9. The van der Waals surface area contributed by atoms with Crippen molar-refractivity contribution in [2.45, 2.75) is 19.4 Å². The van der Waals surface area contributed by atoms with Gasteiger partial charge in [-0.15, -0.1) is 0 Å². The second-order valence-electron chi connectivity index (χ2n) is 2.71. The molecule has 0 heterocycles. The SMILES string of the molecule is CCC(O)c1cc(Cl)c(Br)cc1F. The lowest BCUT2D eigenvalue weighted by atomic mass is 10.1. The van der Waals surface area contributed by atoms with Crippen LogP contribution < -0.4 is 0 Å². The molecule has 0 saturated heterocycles. The molecule has 1 rings (SSSR count). The van der Waals surface area contributed by atoms with Crippen molar-refractivity contribution in [2.24, 2.45) is 0 Å². The van der Waals surface area contributed by atoms with Crippen molar-refractivity contribution in [1.82, 2.24) is 0 Å². The summed E-state index contributed by atoms with van der Waals surface area (Å²) >= 11 is 8.86. The molecule has 1 aromatic rings. The molecule has 1 nitrogen and oxygen atoms in total. The molecular weight excluding hydrogens is 258 g/mol. The second-order valence-corrected chi connectivity index (χ2v) is 3.97. The summed E-state index contributed by atoms with van der Waals surface area (Å²) < 4.78 is 13.7. The van der Waals surface area contributed by atoms with Crippen LogP contribution in [0.3, 0.4) is 0 Å². The molecule has 0 aliphatic heterocycles. The maximum atomic E-state index is 13.2. The molecular formula is C9H9BrClFO. The zero-order valence-corrected chi connectivity index (χ0v) is 9.36. The number of aliphatic hydroxyl groups excluding tert-OH is 1. The van der Waals surface area contributed by atoms with Gasteiger partial charge in [-0.3, -0.25) is 0 Å². The fraction of sp³-hybridized carbons (Fsp3) is 0.333. The summed E-state index contributed by atoms with van der Waals surface area (Å²) in [5, 5.41) is 9.82. The van der Waals surface area contributed by atoms with Crippen molar-refractivity contribution >= 4 is 27.5 Å². The molecule has 1 atom stereocenters. The van der Waals surface area contributed by atoms with Crippen LogP contribution in [0.4, 0.5) is 4.39 Å². The Kier molecular flexibility index (Phi) is 3.71. The average molecular weight is 268 g/mol. The average Bonchev–Trinajstić information content (AvgIpc) is 2.10. The summed E-state index contributed by atoms with van der Waals surface area (Å²) in [6, 6.07) is 2.70. The van der Waals surface area contributed by atoms with Gasteiger partial charge in [-0.25, -0.2) is 4.39 Å². The molecule has 1 N–H and O–H groups in total. The van der Waals surface area contributed by atoms with E-state index in [4.69, 9.17) is 11.6 Å². The molecule has 0 saturated carbocycles. The van der Waals surface area contributed by atoms with Crippen molar-refractivity contribution in [3.05, 3.63) is 33.0 Å². The minimum Gasteiger partial charge on any atom is -0.388 e. The molecule has 1 aromatic carbocycles. The molecule has 4 heteroatoms. The maximum Gasteiger partial charge on any atom is 0.130 e. The van der Waals surface area contributed by atoms with Crippen LogP contribution in [0.15, 0.2) is 16.6 Å².